The molecule has 6 unspecified atom stereocenters. The van der Waals surface area contributed by atoms with Gasteiger partial charge in [0.25, 0.3) is 0 Å². The lowest BCUT2D eigenvalue weighted by atomic mass is 10.0. The van der Waals surface area contributed by atoms with Crippen molar-refractivity contribution in [2.75, 3.05) is 5.75 Å². The number of aliphatic hydroxyl groups is 2. The van der Waals surface area contributed by atoms with E-state index in [1.165, 1.54) is 13.8 Å². The first-order chi connectivity index (χ1) is 12.8. The van der Waals surface area contributed by atoms with Crippen LogP contribution in [-0.2, 0) is 19.2 Å². The minimum Gasteiger partial charge on any atom is -0.480 e. The minimum atomic E-state index is -1.55. The van der Waals surface area contributed by atoms with Crippen molar-refractivity contribution in [1.82, 2.24) is 16.0 Å². The lowest BCUT2D eigenvalue weighted by molar-refractivity contribution is -0.145. The molecule has 0 aliphatic carbocycles. The Balaban J connectivity index is 5.20. The number of hydrogen-bond donors (Lipinski definition) is 8. The molecule has 0 rings (SSSR count). The standard InChI is InChI=1S/C16H30N4O7S/c1-6(2)11(15(25)20-12(8(4)22)16(26)27)19-13(23)9(5-28)18-14(24)10(17)7(3)21/h6-12,21-22,28H,5,17H2,1-4H3,(H,18,24)(H,19,23)(H,20,25)(H,26,27). The maximum absolute atomic E-state index is 12.5. The Bertz CT molecular complexity index is 571. The first-order valence-corrected chi connectivity index (χ1v) is 9.33. The molecular formula is C16H30N4O7S. The Labute approximate surface area is 168 Å². The molecule has 0 fully saturated rings. The van der Waals surface area contributed by atoms with Crippen molar-refractivity contribution in [3.05, 3.63) is 0 Å². The fourth-order valence-corrected chi connectivity index (χ4v) is 2.36. The summed E-state index contributed by atoms with van der Waals surface area (Å²) in [5.41, 5.74) is 5.51. The number of carboxylic acid groups (broad SMARTS) is 1. The van der Waals surface area contributed by atoms with Crippen LogP contribution in [0.25, 0.3) is 0 Å². The topological polar surface area (TPSA) is 191 Å². The number of carboxylic acids is 1. The Morgan fingerprint density at radius 3 is 1.71 bits per heavy atom. The smallest absolute Gasteiger partial charge is 0.328 e. The summed E-state index contributed by atoms with van der Waals surface area (Å²) >= 11 is 3.99. The maximum atomic E-state index is 12.5. The Kier molecular flexibility index (Phi) is 11.0. The lowest BCUT2D eigenvalue weighted by Gasteiger charge is -2.27. The maximum Gasteiger partial charge on any atom is 0.328 e. The van der Waals surface area contributed by atoms with Gasteiger partial charge in [0, 0.05) is 5.75 Å². The van der Waals surface area contributed by atoms with E-state index in [0.717, 1.165) is 0 Å². The highest BCUT2D eigenvalue weighted by molar-refractivity contribution is 7.80. The molecule has 3 amide bonds. The van der Waals surface area contributed by atoms with Crippen LogP contribution in [-0.4, -0.2) is 81.1 Å². The van der Waals surface area contributed by atoms with Crippen molar-refractivity contribution in [1.29, 1.82) is 0 Å². The van der Waals surface area contributed by atoms with Crippen LogP contribution in [0.5, 0.6) is 0 Å². The monoisotopic (exact) mass is 422 g/mol. The Hall–Kier alpha value is -1.89. The zero-order chi connectivity index (χ0) is 22.2. The SMILES string of the molecule is CC(C)C(NC(=O)C(CS)NC(=O)C(N)C(C)O)C(=O)NC(C(=O)O)C(C)O. The summed E-state index contributed by atoms with van der Waals surface area (Å²) in [6, 6.07) is -5.06. The van der Waals surface area contributed by atoms with Crippen LogP contribution in [0.15, 0.2) is 0 Å². The number of amides is 3. The molecule has 0 aliphatic heterocycles. The van der Waals surface area contributed by atoms with Gasteiger partial charge in [-0.1, -0.05) is 13.8 Å². The molecular weight excluding hydrogens is 392 g/mol. The molecule has 0 radical (unpaired) electrons. The normalized spacial score (nSPS) is 17.6. The van der Waals surface area contributed by atoms with Crippen molar-refractivity contribution in [2.45, 2.75) is 64.1 Å². The van der Waals surface area contributed by atoms with Crippen LogP contribution in [0.2, 0.25) is 0 Å². The van der Waals surface area contributed by atoms with Gasteiger partial charge in [-0.3, -0.25) is 14.4 Å². The molecule has 12 heteroatoms. The van der Waals surface area contributed by atoms with Crippen LogP contribution < -0.4 is 21.7 Å². The Morgan fingerprint density at radius 1 is 0.857 bits per heavy atom. The molecule has 0 aromatic heterocycles. The molecule has 0 saturated heterocycles. The average Bonchev–Trinajstić information content (AvgIpc) is 2.59. The van der Waals surface area contributed by atoms with Gasteiger partial charge in [0.05, 0.1) is 12.2 Å². The molecule has 0 heterocycles. The third-order valence-electron chi connectivity index (χ3n) is 3.93. The van der Waals surface area contributed by atoms with Crippen LogP contribution in [0.1, 0.15) is 27.7 Å². The molecule has 8 N–H and O–H groups in total. The van der Waals surface area contributed by atoms with E-state index in [-0.39, 0.29) is 5.75 Å². The van der Waals surface area contributed by atoms with Gasteiger partial charge in [-0.2, -0.15) is 12.6 Å². The van der Waals surface area contributed by atoms with E-state index >= 15 is 0 Å². The summed E-state index contributed by atoms with van der Waals surface area (Å²) in [5, 5.41) is 34.8. The molecule has 0 aliphatic rings. The van der Waals surface area contributed by atoms with Gasteiger partial charge in [-0.05, 0) is 19.8 Å². The number of aliphatic hydroxyl groups excluding tert-OH is 2. The second-order valence-electron chi connectivity index (χ2n) is 6.81. The molecule has 6 atom stereocenters. The highest BCUT2D eigenvalue weighted by Crippen LogP contribution is 2.05. The van der Waals surface area contributed by atoms with E-state index in [2.05, 4.69) is 28.6 Å². The highest BCUT2D eigenvalue weighted by Gasteiger charge is 2.33. The average molecular weight is 423 g/mol. The molecule has 0 saturated carbocycles. The number of thiol groups is 1. The Morgan fingerprint density at radius 2 is 1.36 bits per heavy atom. The van der Waals surface area contributed by atoms with Gasteiger partial charge in [0.1, 0.15) is 18.1 Å². The number of hydrogen-bond acceptors (Lipinski definition) is 8. The zero-order valence-corrected chi connectivity index (χ0v) is 17.1. The van der Waals surface area contributed by atoms with Gasteiger partial charge < -0.3 is 37.0 Å². The number of aliphatic carboxylic acids is 1. The van der Waals surface area contributed by atoms with Crippen molar-refractivity contribution < 1.29 is 34.5 Å². The number of rotatable bonds is 11. The number of nitrogens with two attached hydrogens (primary N) is 1. The van der Waals surface area contributed by atoms with Gasteiger partial charge in [0.15, 0.2) is 6.04 Å². The number of carbonyl (C=O) groups is 4. The van der Waals surface area contributed by atoms with Crippen molar-refractivity contribution >= 4 is 36.3 Å². The summed E-state index contributed by atoms with van der Waals surface area (Å²) in [6.07, 6.45) is -2.48. The van der Waals surface area contributed by atoms with E-state index in [1.807, 2.05) is 0 Å². The van der Waals surface area contributed by atoms with Gasteiger partial charge in [0.2, 0.25) is 17.7 Å². The van der Waals surface area contributed by atoms with Crippen LogP contribution >= 0.6 is 12.6 Å². The first kappa shape index (κ1) is 26.1. The van der Waals surface area contributed by atoms with E-state index in [4.69, 9.17) is 10.8 Å². The van der Waals surface area contributed by atoms with Gasteiger partial charge in [-0.25, -0.2) is 4.79 Å². The lowest BCUT2D eigenvalue weighted by Crippen LogP contribution is -2.60. The molecule has 162 valence electrons. The molecule has 0 bridgehead atoms. The fourth-order valence-electron chi connectivity index (χ4n) is 2.10. The van der Waals surface area contributed by atoms with E-state index in [0.29, 0.717) is 0 Å². The second-order valence-corrected chi connectivity index (χ2v) is 7.17. The molecule has 28 heavy (non-hydrogen) atoms. The highest BCUT2D eigenvalue weighted by atomic mass is 32.1. The third-order valence-corrected chi connectivity index (χ3v) is 4.30. The fraction of sp³-hybridized carbons (Fsp3) is 0.750. The number of carbonyl (C=O) groups excluding carboxylic acids is 3. The van der Waals surface area contributed by atoms with Crippen LogP contribution in [0, 0.1) is 5.92 Å². The van der Waals surface area contributed by atoms with E-state index < -0.39 is 66.0 Å². The minimum absolute atomic E-state index is 0.109. The summed E-state index contributed by atoms with van der Waals surface area (Å²) in [5.74, 6) is -4.27. The number of nitrogens with one attached hydrogen (secondary N) is 3. The first-order valence-electron chi connectivity index (χ1n) is 8.69. The predicted octanol–water partition coefficient (Wildman–Crippen LogP) is -2.80. The molecule has 0 spiro atoms. The van der Waals surface area contributed by atoms with Crippen molar-refractivity contribution in [3.8, 4) is 0 Å². The molecule has 0 aromatic carbocycles. The quantitative estimate of drug-likeness (QED) is 0.164. The molecule has 11 nitrogen and oxygen atoms in total. The van der Waals surface area contributed by atoms with Crippen molar-refractivity contribution in [3.63, 3.8) is 0 Å². The van der Waals surface area contributed by atoms with E-state index in [9.17, 15) is 29.4 Å². The second kappa shape index (κ2) is 11.8. The predicted molar refractivity (Wildman–Crippen MR) is 103 cm³/mol. The summed E-state index contributed by atoms with van der Waals surface area (Å²) < 4.78 is 0. The van der Waals surface area contributed by atoms with E-state index in [1.54, 1.807) is 13.8 Å². The zero-order valence-electron chi connectivity index (χ0n) is 16.2. The van der Waals surface area contributed by atoms with Gasteiger partial charge >= 0.3 is 5.97 Å². The largest absolute Gasteiger partial charge is 0.480 e. The summed E-state index contributed by atoms with van der Waals surface area (Å²) in [7, 11) is 0. The van der Waals surface area contributed by atoms with Gasteiger partial charge in [-0.15, -0.1) is 0 Å². The van der Waals surface area contributed by atoms with Crippen LogP contribution in [0.4, 0.5) is 0 Å². The van der Waals surface area contributed by atoms with Crippen LogP contribution in [0.3, 0.4) is 0 Å². The third kappa shape index (κ3) is 8.00. The van der Waals surface area contributed by atoms with Crippen molar-refractivity contribution in [2.24, 2.45) is 11.7 Å². The summed E-state index contributed by atoms with van der Waals surface area (Å²) in [4.78, 5) is 47.9. The summed E-state index contributed by atoms with van der Waals surface area (Å²) in [6.45, 7) is 5.78. The molecule has 0 aromatic rings.